The molecule has 0 N–H and O–H groups in total. The first-order valence-corrected chi connectivity index (χ1v) is 20.1. The van der Waals surface area contributed by atoms with Crippen molar-refractivity contribution < 1.29 is 0 Å². The normalized spacial score (nSPS) is 12.5. The van der Waals surface area contributed by atoms with Gasteiger partial charge in [-0.3, -0.25) is 0 Å². The number of nitrogens with zero attached hydrogens (tertiary/aromatic N) is 3. The molecule has 1 heterocycles. The van der Waals surface area contributed by atoms with Crippen LogP contribution in [0.3, 0.4) is 0 Å². The van der Waals surface area contributed by atoms with E-state index < -0.39 is 5.41 Å². The number of rotatable bonds is 7. The van der Waals surface area contributed by atoms with Gasteiger partial charge in [0.2, 0.25) is 0 Å². The number of aromatic nitrogens is 3. The highest BCUT2D eigenvalue weighted by atomic mass is 15.0. The van der Waals surface area contributed by atoms with E-state index in [1.54, 1.807) is 0 Å². The van der Waals surface area contributed by atoms with Gasteiger partial charge in [-0.15, -0.1) is 0 Å². The molecule has 59 heavy (non-hydrogen) atoms. The maximum absolute atomic E-state index is 5.03. The first-order valence-electron chi connectivity index (χ1n) is 20.1. The van der Waals surface area contributed by atoms with Gasteiger partial charge in [-0.2, -0.15) is 0 Å². The highest BCUT2D eigenvalue weighted by molar-refractivity contribution is 5.97. The van der Waals surface area contributed by atoms with Crippen LogP contribution in [0.4, 0.5) is 0 Å². The summed E-state index contributed by atoms with van der Waals surface area (Å²) in [6.45, 7) is 0. The molecule has 1 aliphatic rings. The second-order valence-electron chi connectivity index (χ2n) is 15.1. The van der Waals surface area contributed by atoms with Crippen molar-refractivity contribution in [3.05, 3.63) is 247 Å². The Morgan fingerprint density at radius 2 is 0.695 bits per heavy atom. The molecule has 0 saturated carbocycles. The summed E-state index contributed by atoms with van der Waals surface area (Å²) in [7, 11) is 0. The molecule has 0 aliphatic heterocycles. The van der Waals surface area contributed by atoms with Crippen molar-refractivity contribution in [2.24, 2.45) is 0 Å². The second kappa shape index (κ2) is 14.3. The summed E-state index contributed by atoms with van der Waals surface area (Å²) in [5.74, 6) is 1.93. The van der Waals surface area contributed by atoms with Gasteiger partial charge >= 0.3 is 0 Å². The Morgan fingerprint density at radius 3 is 1.29 bits per heavy atom. The largest absolute Gasteiger partial charge is 0.208 e. The quantitative estimate of drug-likeness (QED) is 0.163. The predicted molar refractivity (Wildman–Crippen MR) is 242 cm³/mol. The van der Waals surface area contributed by atoms with Crippen LogP contribution in [-0.2, 0) is 5.41 Å². The van der Waals surface area contributed by atoms with Crippen molar-refractivity contribution in [3.8, 4) is 67.5 Å². The first kappa shape index (κ1) is 34.5. The van der Waals surface area contributed by atoms with Crippen LogP contribution in [0.1, 0.15) is 22.3 Å². The minimum Gasteiger partial charge on any atom is -0.208 e. The lowest BCUT2D eigenvalue weighted by molar-refractivity contribution is 0.769. The summed E-state index contributed by atoms with van der Waals surface area (Å²) in [5.41, 5.74) is 14.5. The molecule has 0 atom stereocenters. The molecular weight excluding hydrogens is 715 g/mol. The molecule has 0 fully saturated rings. The molecule has 1 aliphatic carbocycles. The molecule has 276 valence electrons. The van der Waals surface area contributed by atoms with Crippen LogP contribution in [0.5, 0.6) is 0 Å². The molecule has 0 saturated heterocycles. The van der Waals surface area contributed by atoms with Crippen molar-refractivity contribution >= 4 is 10.8 Å². The van der Waals surface area contributed by atoms with Crippen LogP contribution in [0.2, 0.25) is 0 Å². The van der Waals surface area contributed by atoms with Crippen molar-refractivity contribution in [3.63, 3.8) is 0 Å². The Hall–Kier alpha value is -7.75. The molecule has 0 amide bonds. The zero-order chi connectivity index (χ0) is 39.2. The summed E-state index contributed by atoms with van der Waals surface area (Å²) < 4.78 is 0. The second-order valence-corrected chi connectivity index (χ2v) is 15.1. The summed E-state index contributed by atoms with van der Waals surface area (Å²) in [4.78, 5) is 15.0. The van der Waals surface area contributed by atoms with Gasteiger partial charge in [-0.25, -0.2) is 15.0 Å². The highest BCUT2D eigenvalue weighted by Gasteiger charge is 2.46. The summed E-state index contributed by atoms with van der Waals surface area (Å²) in [6.07, 6.45) is 0. The fourth-order valence-corrected chi connectivity index (χ4v) is 9.06. The van der Waals surface area contributed by atoms with E-state index in [4.69, 9.17) is 15.0 Å². The van der Waals surface area contributed by atoms with Crippen molar-refractivity contribution in [2.75, 3.05) is 0 Å². The lowest BCUT2D eigenvalue weighted by Gasteiger charge is -2.34. The Balaban J connectivity index is 1.14. The Labute approximate surface area is 344 Å². The van der Waals surface area contributed by atoms with Gasteiger partial charge in [0, 0.05) is 16.7 Å². The van der Waals surface area contributed by atoms with Crippen molar-refractivity contribution in [1.29, 1.82) is 0 Å². The van der Waals surface area contributed by atoms with E-state index in [-0.39, 0.29) is 0 Å². The van der Waals surface area contributed by atoms with E-state index in [1.165, 1.54) is 60.8 Å². The van der Waals surface area contributed by atoms with E-state index in [0.717, 1.165) is 22.3 Å². The van der Waals surface area contributed by atoms with Gasteiger partial charge in [0.25, 0.3) is 0 Å². The third-order valence-electron chi connectivity index (χ3n) is 11.8. The van der Waals surface area contributed by atoms with Gasteiger partial charge in [-0.05, 0) is 84.6 Å². The van der Waals surface area contributed by atoms with Gasteiger partial charge in [0.05, 0.1) is 5.41 Å². The third kappa shape index (κ3) is 5.86. The smallest absolute Gasteiger partial charge is 0.164 e. The fraction of sp³-hybridized carbons (Fsp3) is 0.0179. The summed E-state index contributed by atoms with van der Waals surface area (Å²) in [5, 5.41) is 2.44. The third-order valence-corrected chi connectivity index (χ3v) is 11.8. The predicted octanol–water partition coefficient (Wildman–Crippen LogP) is 13.7. The summed E-state index contributed by atoms with van der Waals surface area (Å²) in [6, 6.07) is 80.4. The Bertz CT molecular complexity index is 3030. The average molecular weight is 752 g/mol. The fourth-order valence-electron chi connectivity index (χ4n) is 9.06. The van der Waals surface area contributed by atoms with Crippen LogP contribution in [0.15, 0.2) is 224 Å². The number of hydrogen-bond donors (Lipinski definition) is 0. The molecule has 9 aromatic carbocycles. The molecule has 1 aromatic heterocycles. The van der Waals surface area contributed by atoms with Gasteiger partial charge in [-0.1, -0.05) is 206 Å². The molecule has 0 unspecified atom stereocenters. The molecule has 10 aromatic rings. The lowest BCUT2D eigenvalue weighted by Crippen LogP contribution is -2.28. The van der Waals surface area contributed by atoms with Crippen LogP contribution < -0.4 is 0 Å². The molecule has 11 rings (SSSR count). The van der Waals surface area contributed by atoms with E-state index in [9.17, 15) is 0 Å². The molecular formula is C56H37N3. The maximum Gasteiger partial charge on any atom is 0.164 e. The van der Waals surface area contributed by atoms with Gasteiger partial charge in [0.15, 0.2) is 17.5 Å². The monoisotopic (exact) mass is 751 g/mol. The average Bonchev–Trinajstić information content (AvgIpc) is 3.62. The minimum atomic E-state index is -0.516. The minimum absolute atomic E-state index is 0.516. The van der Waals surface area contributed by atoms with E-state index in [2.05, 4.69) is 164 Å². The lowest BCUT2D eigenvalue weighted by atomic mass is 9.67. The Kier molecular flexibility index (Phi) is 8.37. The molecule has 0 radical (unpaired) electrons. The van der Waals surface area contributed by atoms with Crippen LogP contribution >= 0.6 is 0 Å². The maximum atomic E-state index is 5.03. The zero-order valence-corrected chi connectivity index (χ0v) is 32.2. The zero-order valence-electron chi connectivity index (χ0n) is 32.2. The van der Waals surface area contributed by atoms with E-state index >= 15 is 0 Å². The van der Waals surface area contributed by atoms with E-state index in [0.29, 0.717) is 17.5 Å². The van der Waals surface area contributed by atoms with Gasteiger partial charge < -0.3 is 0 Å². The number of benzene rings is 9. The van der Waals surface area contributed by atoms with Crippen molar-refractivity contribution in [1.82, 2.24) is 15.0 Å². The van der Waals surface area contributed by atoms with E-state index in [1.807, 2.05) is 60.7 Å². The number of fused-ring (bicyclic) bond motifs is 4. The molecule has 3 heteroatoms. The molecule has 0 spiro atoms. The molecule has 0 bridgehead atoms. The topological polar surface area (TPSA) is 38.7 Å². The number of hydrogen-bond acceptors (Lipinski definition) is 3. The summed E-state index contributed by atoms with van der Waals surface area (Å²) >= 11 is 0. The van der Waals surface area contributed by atoms with Crippen LogP contribution in [0.25, 0.3) is 78.3 Å². The first-order chi connectivity index (χ1) is 29.2. The molecule has 3 nitrogen and oxygen atoms in total. The van der Waals surface area contributed by atoms with Crippen molar-refractivity contribution in [2.45, 2.75) is 5.41 Å². The standard InChI is InChI=1S/C56H37N3/c1-5-18-40(19-6-1)53-57-54(41-20-7-2-8-21-41)59-55(58-53)42-32-30-39(31-33-42)49-37-52-50(36-48(49)44-34-29-38-17-13-14-22-43(38)35-44)47-27-15-16-28-51(47)56(52,45-23-9-3-10-24-45)46-25-11-4-12-26-46/h1-37H. The van der Waals surface area contributed by atoms with Crippen LogP contribution in [-0.4, -0.2) is 15.0 Å². The Morgan fingerprint density at radius 1 is 0.254 bits per heavy atom. The SMILES string of the molecule is c1ccc(-c2nc(-c3ccccc3)nc(-c3ccc(-c4cc5c(cc4-c4ccc6ccccc6c4)-c4ccccc4C5(c4ccccc4)c4ccccc4)cc3)n2)cc1. The van der Waals surface area contributed by atoms with Gasteiger partial charge in [0.1, 0.15) is 0 Å². The van der Waals surface area contributed by atoms with Crippen LogP contribution in [0, 0.1) is 0 Å². The highest BCUT2D eigenvalue weighted by Crippen LogP contribution is 2.58.